The van der Waals surface area contributed by atoms with Crippen LogP contribution in [0.1, 0.15) is 74.6 Å². The molecule has 1 saturated carbocycles. The summed E-state index contributed by atoms with van der Waals surface area (Å²) in [4.78, 5) is 0. The van der Waals surface area contributed by atoms with Crippen molar-refractivity contribution in [2.24, 2.45) is 10.2 Å². The summed E-state index contributed by atoms with van der Waals surface area (Å²) in [5, 5.41) is 8.52. The van der Waals surface area contributed by atoms with Crippen molar-refractivity contribution >= 4 is 17.5 Å². The van der Waals surface area contributed by atoms with Crippen molar-refractivity contribution in [3.63, 3.8) is 0 Å². The predicted molar refractivity (Wildman–Crippen MR) is 93.5 cm³/mol. The third-order valence-electron chi connectivity index (χ3n) is 4.26. The number of hydrogen-bond donors (Lipinski definition) is 0. The van der Waals surface area contributed by atoms with Crippen molar-refractivity contribution in [2.75, 3.05) is 0 Å². The molecule has 0 spiro atoms. The van der Waals surface area contributed by atoms with Gasteiger partial charge in [-0.3, -0.25) is 0 Å². The fourth-order valence-corrected chi connectivity index (χ4v) is 2.82. The highest BCUT2D eigenvalue weighted by molar-refractivity contribution is 6.01. The van der Waals surface area contributed by atoms with E-state index in [2.05, 4.69) is 56.6 Å². The van der Waals surface area contributed by atoms with Gasteiger partial charge in [-0.05, 0) is 68.7 Å². The Labute approximate surface area is 128 Å². The second-order valence-corrected chi connectivity index (χ2v) is 6.05. The number of nitrogens with zero attached hydrogens (tertiary/aromatic N) is 2. The Morgan fingerprint density at radius 1 is 1.29 bits per heavy atom. The molecule has 0 atom stereocenters. The smallest absolute Gasteiger partial charge is 0.0674 e. The molecule has 1 fully saturated rings. The van der Waals surface area contributed by atoms with Crippen LogP contribution in [0.15, 0.2) is 28.9 Å². The molecule has 1 aromatic rings. The Kier molecular flexibility index (Phi) is 5.11. The molecule has 0 amide bonds. The number of hydrogen-bond acceptors (Lipinski definition) is 2. The van der Waals surface area contributed by atoms with Crippen LogP contribution >= 0.6 is 0 Å². The first kappa shape index (κ1) is 15.7. The molecule has 21 heavy (non-hydrogen) atoms. The monoisotopic (exact) mass is 282 g/mol. The molecule has 2 nitrogen and oxygen atoms in total. The van der Waals surface area contributed by atoms with Crippen molar-refractivity contribution in [2.45, 2.75) is 59.3 Å². The molecule has 0 radical (unpaired) electrons. The summed E-state index contributed by atoms with van der Waals surface area (Å²) >= 11 is 0. The van der Waals surface area contributed by atoms with Crippen LogP contribution in [0, 0.1) is 6.92 Å². The fraction of sp³-hybridized carbons (Fsp3) is 0.474. The predicted octanol–water partition coefficient (Wildman–Crippen LogP) is 5.50. The van der Waals surface area contributed by atoms with Crippen molar-refractivity contribution in [1.82, 2.24) is 0 Å². The van der Waals surface area contributed by atoms with E-state index in [1.165, 1.54) is 41.5 Å². The van der Waals surface area contributed by atoms with Gasteiger partial charge in [-0.1, -0.05) is 31.6 Å². The normalized spacial score (nSPS) is 16.3. The maximum Gasteiger partial charge on any atom is 0.0674 e. The lowest BCUT2D eigenvalue weighted by molar-refractivity contribution is 0.419. The molecular formula is C19H26N2. The highest BCUT2D eigenvalue weighted by Crippen LogP contribution is 2.39. The van der Waals surface area contributed by atoms with Gasteiger partial charge in [0.2, 0.25) is 0 Å². The van der Waals surface area contributed by atoms with Crippen molar-refractivity contribution in [1.29, 1.82) is 0 Å². The van der Waals surface area contributed by atoms with E-state index in [0.29, 0.717) is 5.92 Å². The van der Waals surface area contributed by atoms with Gasteiger partial charge in [-0.25, -0.2) is 0 Å². The van der Waals surface area contributed by atoms with E-state index < -0.39 is 0 Å². The maximum atomic E-state index is 4.37. The van der Waals surface area contributed by atoms with Crippen molar-refractivity contribution < 1.29 is 0 Å². The summed E-state index contributed by atoms with van der Waals surface area (Å²) in [6, 6.07) is 4.59. The SMILES string of the molecule is C=C(C)c1cc(/C(C)=N/N=C/CC)c(C2CCC2)cc1C. The summed E-state index contributed by atoms with van der Waals surface area (Å²) < 4.78 is 0. The van der Waals surface area contributed by atoms with Gasteiger partial charge < -0.3 is 0 Å². The quantitative estimate of drug-likeness (QED) is 0.503. The molecule has 0 N–H and O–H groups in total. The lowest BCUT2D eigenvalue weighted by atomic mass is 9.76. The molecule has 0 unspecified atom stereocenters. The third kappa shape index (κ3) is 3.49. The van der Waals surface area contributed by atoms with E-state index in [1.54, 1.807) is 0 Å². The molecule has 0 heterocycles. The van der Waals surface area contributed by atoms with Crippen LogP contribution < -0.4 is 0 Å². The van der Waals surface area contributed by atoms with E-state index in [0.717, 1.165) is 17.7 Å². The Bertz CT molecular complexity index is 590. The van der Waals surface area contributed by atoms with Crippen LogP contribution in [0.5, 0.6) is 0 Å². The summed E-state index contributed by atoms with van der Waals surface area (Å²) in [6.45, 7) is 12.5. The molecule has 0 bridgehead atoms. The molecule has 0 aliphatic heterocycles. The van der Waals surface area contributed by atoms with E-state index in [4.69, 9.17) is 0 Å². The standard InChI is InChI=1S/C19H26N2/c1-6-10-20-21-15(5)18-12-17(13(2)3)14(4)11-19(18)16-8-7-9-16/h10-12,16H,2,6-9H2,1,3-5H3/b20-10+,21-15+. The minimum absolute atomic E-state index is 0.693. The Hall–Kier alpha value is -1.70. The third-order valence-corrected chi connectivity index (χ3v) is 4.26. The molecule has 1 aromatic carbocycles. The minimum atomic E-state index is 0.693. The van der Waals surface area contributed by atoms with Gasteiger partial charge in [-0.2, -0.15) is 10.2 Å². The van der Waals surface area contributed by atoms with Gasteiger partial charge in [0.15, 0.2) is 0 Å². The van der Waals surface area contributed by atoms with Crippen LogP contribution in [-0.2, 0) is 0 Å². The zero-order chi connectivity index (χ0) is 15.4. The molecule has 1 aliphatic rings. The van der Waals surface area contributed by atoms with E-state index in [9.17, 15) is 0 Å². The number of allylic oxidation sites excluding steroid dienone is 1. The first-order valence-corrected chi connectivity index (χ1v) is 7.91. The Balaban J connectivity index is 2.49. The maximum absolute atomic E-state index is 4.37. The lowest BCUT2D eigenvalue weighted by Crippen LogP contribution is -2.14. The largest absolute Gasteiger partial charge is 0.163 e. The van der Waals surface area contributed by atoms with Gasteiger partial charge in [0, 0.05) is 11.8 Å². The van der Waals surface area contributed by atoms with Crippen LogP contribution in [0.4, 0.5) is 0 Å². The van der Waals surface area contributed by atoms with E-state index >= 15 is 0 Å². The average Bonchev–Trinajstić information content (AvgIpc) is 2.36. The highest BCUT2D eigenvalue weighted by atomic mass is 15.2. The number of benzene rings is 1. The topological polar surface area (TPSA) is 24.7 Å². The summed E-state index contributed by atoms with van der Waals surface area (Å²) in [7, 11) is 0. The van der Waals surface area contributed by atoms with Gasteiger partial charge in [0.1, 0.15) is 0 Å². The minimum Gasteiger partial charge on any atom is -0.163 e. The van der Waals surface area contributed by atoms with Gasteiger partial charge in [0.05, 0.1) is 5.71 Å². The van der Waals surface area contributed by atoms with E-state index in [-0.39, 0.29) is 0 Å². The van der Waals surface area contributed by atoms with Gasteiger partial charge >= 0.3 is 0 Å². The second kappa shape index (κ2) is 6.84. The van der Waals surface area contributed by atoms with Crippen molar-refractivity contribution in [3.05, 3.63) is 41.0 Å². The van der Waals surface area contributed by atoms with Gasteiger partial charge in [-0.15, -0.1) is 0 Å². The summed E-state index contributed by atoms with van der Waals surface area (Å²) in [5.41, 5.74) is 7.36. The first-order valence-electron chi connectivity index (χ1n) is 7.91. The molecule has 0 aromatic heterocycles. The summed E-state index contributed by atoms with van der Waals surface area (Å²) in [6.07, 6.45) is 6.70. The van der Waals surface area contributed by atoms with Gasteiger partial charge in [0.25, 0.3) is 0 Å². The average molecular weight is 282 g/mol. The van der Waals surface area contributed by atoms with Crippen LogP contribution in [0.3, 0.4) is 0 Å². The molecule has 112 valence electrons. The van der Waals surface area contributed by atoms with E-state index in [1.807, 2.05) is 6.21 Å². The molecule has 2 heteroatoms. The Morgan fingerprint density at radius 2 is 2.00 bits per heavy atom. The molecule has 1 aliphatic carbocycles. The fourth-order valence-electron chi connectivity index (χ4n) is 2.82. The highest BCUT2D eigenvalue weighted by Gasteiger charge is 2.24. The molecule has 0 saturated heterocycles. The summed E-state index contributed by atoms with van der Waals surface area (Å²) in [5.74, 6) is 0.693. The zero-order valence-electron chi connectivity index (χ0n) is 13.7. The van der Waals surface area contributed by atoms with Crippen LogP contribution in [-0.4, -0.2) is 11.9 Å². The lowest BCUT2D eigenvalue weighted by Gasteiger charge is -2.29. The van der Waals surface area contributed by atoms with Crippen LogP contribution in [0.25, 0.3) is 5.57 Å². The zero-order valence-corrected chi connectivity index (χ0v) is 13.7. The number of rotatable bonds is 5. The molecule has 2 rings (SSSR count). The number of aryl methyl sites for hydroxylation is 1. The van der Waals surface area contributed by atoms with Crippen molar-refractivity contribution in [3.8, 4) is 0 Å². The second-order valence-electron chi connectivity index (χ2n) is 6.05. The van der Waals surface area contributed by atoms with Crippen LogP contribution in [0.2, 0.25) is 0 Å². The first-order chi connectivity index (χ1) is 10.0. The molecular weight excluding hydrogens is 256 g/mol. The Morgan fingerprint density at radius 3 is 2.52 bits per heavy atom.